The number of carbonyl (C=O) groups is 2. The number of esters is 2. The number of aliphatic hydroxyl groups is 3. The summed E-state index contributed by atoms with van der Waals surface area (Å²) in [5.74, 6) is -0.555. The van der Waals surface area contributed by atoms with Crippen molar-refractivity contribution < 1.29 is 34.4 Å². The Hall–Kier alpha value is -2.48. The molecule has 1 spiro atoms. The van der Waals surface area contributed by atoms with Crippen LogP contribution in [0.15, 0.2) is 54.1 Å². The van der Waals surface area contributed by atoms with Gasteiger partial charge in [-0.15, -0.1) is 0 Å². The number of aryl methyl sites for hydroxylation is 1. The molecule has 7 heteroatoms. The smallest absolute Gasteiger partial charge is 0.331 e. The van der Waals surface area contributed by atoms with E-state index >= 15 is 0 Å². The van der Waals surface area contributed by atoms with E-state index < -0.39 is 40.2 Å². The molecule has 2 bridgehead atoms. The predicted octanol–water partition coefficient (Wildman–Crippen LogP) is 7.41. The van der Waals surface area contributed by atoms with Crippen molar-refractivity contribution in [3.63, 3.8) is 0 Å². The second-order valence-corrected chi connectivity index (χ2v) is 17.1. The van der Waals surface area contributed by atoms with E-state index in [2.05, 4.69) is 38.1 Å². The normalized spacial score (nSPS) is 39.5. The molecule has 7 nitrogen and oxygen atoms in total. The zero-order chi connectivity index (χ0) is 35.1. The third-order valence-corrected chi connectivity index (χ3v) is 14.2. The predicted molar refractivity (Wildman–Crippen MR) is 189 cm³/mol. The van der Waals surface area contributed by atoms with E-state index in [1.54, 1.807) is 0 Å². The summed E-state index contributed by atoms with van der Waals surface area (Å²) in [7, 11) is 0. The van der Waals surface area contributed by atoms with Gasteiger partial charge in [0.2, 0.25) is 0 Å². The molecule has 3 N–H and O–H groups in total. The highest BCUT2D eigenvalue weighted by Gasteiger charge is 2.81. The topological polar surface area (TPSA) is 113 Å². The first-order valence-electron chi connectivity index (χ1n) is 19.2. The van der Waals surface area contributed by atoms with Crippen molar-refractivity contribution in [2.75, 3.05) is 6.61 Å². The van der Waals surface area contributed by atoms with Crippen LogP contribution >= 0.6 is 0 Å². The molecule has 0 radical (unpaired) electrons. The van der Waals surface area contributed by atoms with Crippen LogP contribution in [0.3, 0.4) is 0 Å². The van der Waals surface area contributed by atoms with E-state index in [9.17, 15) is 24.9 Å². The number of hydrogen-bond donors (Lipinski definition) is 3. The van der Waals surface area contributed by atoms with Gasteiger partial charge in [0.25, 0.3) is 0 Å². The third kappa shape index (κ3) is 6.24. The first-order valence-corrected chi connectivity index (χ1v) is 19.2. The summed E-state index contributed by atoms with van der Waals surface area (Å²) in [4.78, 5) is 24.9. The van der Waals surface area contributed by atoms with Crippen molar-refractivity contribution >= 4 is 11.9 Å². The fourth-order valence-corrected chi connectivity index (χ4v) is 11.7. The van der Waals surface area contributed by atoms with Crippen LogP contribution in [0.1, 0.15) is 123 Å². The van der Waals surface area contributed by atoms with Crippen molar-refractivity contribution in [2.24, 2.45) is 34.0 Å². The minimum Gasteiger partial charge on any atom is -0.462 e. The molecule has 5 aliphatic rings. The Labute approximate surface area is 293 Å². The van der Waals surface area contributed by atoms with Crippen LogP contribution in [0, 0.1) is 34.0 Å². The number of hydrogen-bond acceptors (Lipinski definition) is 7. The molecule has 1 aliphatic heterocycles. The Morgan fingerprint density at radius 1 is 1.00 bits per heavy atom. The molecular formula is C42H60O7. The lowest BCUT2D eigenvalue weighted by Crippen LogP contribution is -2.83. The van der Waals surface area contributed by atoms with Gasteiger partial charge in [0.05, 0.1) is 22.7 Å². The van der Waals surface area contributed by atoms with Crippen molar-refractivity contribution in [3.8, 4) is 0 Å². The van der Waals surface area contributed by atoms with Gasteiger partial charge >= 0.3 is 11.9 Å². The van der Waals surface area contributed by atoms with Gasteiger partial charge in [0.15, 0.2) is 0 Å². The van der Waals surface area contributed by atoms with Gasteiger partial charge < -0.3 is 24.8 Å². The summed E-state index contributed by atoms with van der Waals surface area (Å²) in [6.07, 6.45) is 15.9. The van der Waals surface area contributed by atoms with Gasteiger partial charge in [-0.2, -0.15) is 0 Å². The number of fused-ring (bicyclic) bond motifs is 1. The molecule has 9 atom stereocenters. The molecule has 49 heavy (non-hydrogen) atoms. The zero-order valence-corrected chi connectivity index (χ0v) is 30.3. The van der Waals surface area contributed by atoms with Gasteiger partial charge in [-0.3, -0.25) is 4.79 Å². The van der Waals surface area contributed by atoms with Crippen molar-refractivity contribution in [2.45, 2.75) is 147 Å². The molecule has 9 unspecified atom stereocenters. The van der Waals surface area contributed by atoms with E-state index in [-0.39, 0.29) is 30.4 Å². The van der Waals surface area contributed by atoms with Crippen LogP contribution in [0.2, 0.25) is 0 Å². The fourth-order valence-electron chi connectivity index (χ4n) is 11.7. The van der Waals surface area contributed by atoms with Crippen LogP contribution in [-0.4, -0.2) is 57.3 Å². The first-order chi connectivity index (χ1) is 23.3. The van der Waals surface area contributed by atoms with Gasteiger partial charge in [0, 0.05) is 24.3 Å². The van der Waals surface area contributed by atoms with E-state index in [0.29, 0.717) is 37.5 Å². The number of benzene rings is 1. The molecule has 3 fully saturated rings. The average molecular weight is 677 g/mol. The van der Waals surface area contributed by atoms with Crippen LogP contribution < -0.4 is 0 Å². The lowest BCUT2D eigenvalue weighted by molar-refractivity contribution is -0.362. The van der Waals surface area contributed by atoms with E-state index in [4.69, 9.17) is 9.47 Å². The van der Waals surface area contributed by atoms with Crippen molar-refractivity contribution in [1.82, 2.24) is 0 Å². The van der Waals surface area contributed by atoms with Crippen LogP contribution in [0.25, 0.3) is 0 Å². The largest absolute Gasteiger partial charge is 0.462 e. The Bertz CT molecular complexity index is 1410. The second kappa shape index (κ2) is 13.9. The number of aliphatic hydroxyl groups excluding tert-OH is 1. The molecule has 0 aromatic heterocycles. The molecule has 1 aromatic rings. The highest BCUT2D eigenvalue weighted by Crippen LogP contribution is 2.75. The first kappa shape index (κ1) is 36.3. The summed E-state index contributed by atoms with van der Waals surface area (Å²) in [6, 6.07) is 10.5. The molecule has 4 aliphatic carbocycles. The van der Waals surface area contributed by atoms with Crippen LogP contribution in [-0.2, 0) is 25.5 Å². The number of rotatable bonds is 12. The summed E-state index contributed by atoms with van der Waals surface area (Å²) >= 11 is 0. The Kier molecular flexibility index (Phi) is 10.3. The summed E-state index contributed by atoms with van der Waals surface area (Å²) in [5, 5.41) is 39.7. The van der Waals surface area contributed by atoms with Crippen LogP contribution in [0.4, 0.5) is 0 Å². The minimum atomic E-state index is -1.55. The van der Waals surface area contributed by atoms with E-state index in [1.807, 2.05) is 25.1 Å². The molecule has 3 saturated carbocycles. The van der Waals surface area contributed by atoms with Crippen molar-refractivity contribution in [1.29, 1.82) is 0 Å². The summed E-state index contributed by atoms with van der Waals surface area (Å²) in [6.45, 7) is 8.19. The van der Waals surface area contributed by atoms with Gasteiger partial charge in [-0.25, -0.2) is 4.79 Å². The monoisotopic (exact) mass is 676 g/mol. The number of cyclic esters (lactones) is 1. The highest BCUT2D eigenvalue weighted by atomic mass is 16.5. The Morgan fingerprint density at radius 3 is 2.41 bits per heavy atom. The SMILES string of the molecule is CC(=O)OC1CC2(C)C=CC(O)(CCC(C)CCCc3ccccc3)C3(C(O)CCC(C)(C4CCCCC4)C13)C2(O)CCC1=CC(=O)OC1. The molecule has 0 saturated heterocycles. The van der Waals surface area contributed by atoms with Crippen molar-refractivity contribution in [3.05, 3.63) is 59.7 Å². The maximum atomic E-state index is 13.7. The average Bonchev–Trinajstić information content (AvgIpc) is 3.50. The minimum absolute atomic E-state index is 0.196. The molecule has 0 amide bonds. The second-order valence-electron chi connectivity index (χ2n) is 17.1. The lowest BCUT2D eigenvalue weighted by Gasteiger charge is -2.76. The maximum Gasteiger partial charge on any atom is 0.331 e. The summed E-state index contributed by atoms with van der Waals surface area (Å²) in [5.41, 5.74) is -3.64. The quantitative estimate of drug-likeness (QED) is 0.156. The Morgan fingerprint density at radius 2 is 1.73 bits per heavy atom. The molecule has 6 rings (SSSR count). The number of carbonyl (C=O) groups excluding carboxylic acids is 2. The Balaban J connectivity index is 1.42. The van der Waals surface area contributed by atoms with E-state index in [0.717, 1.165) is 63.4 Å². The molecular weight excluding hydrogens is 616 g/mol. The summed E-state index contributed by atoms with van der Waals surface area (Å²) < 4.78 is 11.5. The maximum absolute atomic E-state index is 13.7. The third-order valence-electron chi connectivity index (χ3n) is 14.2. The fraction of sp³-hybridized carbons (Fsp3) is 0.714. The van der Waals surface area contributed by atoms with Crippen LogP contribution in [0.5, 0.6) is 0 Å². The molecule has 1 aromatic carbocycles. The van der Waals surface area contributed by atoms with E-state index in [1.165, 1.54) is 25.0 Å². The van der Waals surface area contributed by atoms with Gasteiger partial charge in [-0.1, -0.05) is 88.9 Å². The lowest BCUT2D eigenvalue weighted by atomic mass is 9.31. The highest BCUT2D eigenvalue weighted by molar-refractivity contribution is 5.85. The standard InChI is InChI=1S/C42H60O7/c1-29(12-11-15-31-13-7-5-8-14-31)18-22-40(46)25-24-38(3)27-34(49-30(2)43)37-39(4,33-16-9-6-10-17-33)21-20-35(44)42(37,40)41(38,47)23-19-32-26-36(45)48-28-32/h5,7-8,13-14,24-26,29,33-35,37,44,46-47H,6,9-12,15-23,27-28H2,1-4H3. The molecule has 1 heterocycles. The van der Waals surface area contributed by atoms with Gasteiger partial charge in [-0.05, 0) is 99.0 Å². The zero-order valence-electron chi connectivity index (χ0n) is 30.3. The number of ether oxygens (including phenoxy) is 2. The molecule has 270 valence electrons. The van der Waals surface area contributed by atoms with Gasteiger partial charge in [0.1, 0.15) is 12.7 Å².